The lowest BCUT2D eigenvalue weighted by atomic mass is 10.1. The number of methoxy groups -OCH3 is 1. The maximum Gasteiger partial charge on any atom is 0.142 e. The third kappa shape index (κ3) is 4.97. The van der Waals surface area contributed by atoms with Crippen molar-refractivity contribution in [3.63, 3.8) is 0 Å². The van der Waals surface area contributed by atoms with E-state index in [-0.39, 0.29) is 0 Å². The number of aryl methyl sites for hydroxylation is 2. The molecule has 1 saturated heterocycles. The monoisotopic (exact) mass is 384 g/mol. The van der Waals surface area contributed by atoms with E-state index in [4.69, 9.17) is 9.47 Å². The van der Waals surface area contributed by atoms with Crippen LogP contribution in [0.2, 0.25) is 0 Å². The number of benzene rings is 2. The zero-order valence-corrected chi connectivity index (χ0v) is 17.4. The molecule has 1 aliphatic rings. The molecular formula is C23H32N2O3. The van der Waals surface area contributed by atoms with E-state index in [1.165, 1.54) is 11.1 Å². The average Bonchev–Trinajstić information content (AvgIpc) is 2.70. The summed E-state index contributed by atoms with van der Waals surface area (Å²) in [5, 5.41) is 10.5. The van der Waals surface area contributed by atoms with Crippen molar-refractivity contribution in [2.45, 2.75) is 26.9 Å². The number of aliphatic hydroxyl groups is 1. The molecule has 1 heterocycles. The summed E-state index contributed by atoms with van der Waals surface area (Å²) >= 11 is 0. The number of rotatable bonds is 7. The topological polar surface area (TPSA) is 45.2 Å². The van der Waals surface area contributed by atoms with Gasteiger partial charge in [-0.05, 0) is 55.7 Å². The van der Waals surface area contributed by atoms with Crippen LogP contribution in [-0.4, -0.2) is 62.6 Å². The van der Waals surface area contributed by atoms with Crippen LogP contribution in [0.3, 0.4) is 0 Å². The average molecular weight is 385 g/mol. The number of nitrogens with zero attached hydrogens (tertiary/aromatic N) is 2. The molecule has 0 amide bonds. The second-order valence-corrected chi connectivity index (χ2v) is 7.63. The van der Waals surface area contributed by atoms with Gasteiger partial charge in [-0.1, -0.05) is 18.2 Å². The van der Waals surface area contributed by atoms with Crippen molar-refractivity contribution in [3.8, 4) is 11.5 Å². The molecule has 0 spiro atoms. The van der Waals surface area contributed by atoms with Crippen LogP contribution in [0.15, 0.2) is 36.4 Å². The van der Waals surface area contributed by atoms with Crippen LogP contribution in [0.1, 0.15) is 16.7 Å². The number of para-hydroxylation sites is 2. The summed E-state index contributed by atoms with van der Waals surface area (Å²) in [6.07, 6.45) is -0.502. The number of hydrogen-bond donors (Lipinski definition) is 1. The fraction of sp³-hybridized carbons (Fsp3) is 0.478. The van der Waals surface area contributed by atoms with Crippen LogP contribution in [0.25, 0.3) is 0 Å². The lowest BCUT2D eigenvalue weighted by Gasteiger charge is -2.37. The van der Waals surface area contributed by atoms with Gasteiger partial charge in [-0.3, -0.25) is 4.90 Å². The van der Waals surface area contributed by atoms with Gasteiger partial charge in [-0.25, -0.2) is 0 Å². The zero-order chi connectivity index (χ0) is 20.1. The second kappa shape index (κ2) is 9.30. The van der Waals surface area contributed by atoms with Gasteiger partial charge in [-0.15, -0.1) is 0 Å². The van der Waals surface area contributed by atoms with Crippen LogP contribution in [0.5, 0.6) is 11.5 Å². The van der Waals surface area contributed by atoms with E-state index >= 15 is 0 Å². The quantitative estimate of drug-likeness (QED) is 0.794. The maximum absolute atomic E-state index is 10.5. The Bertz CT molecular complexity index is 785. The highest BCUT2D eigenvalue weighted by atomic mass is 16.5. The van der Waals surface area contributed by atoms with Crippen molar-refractivity contribution in [3.05, 3.63) is 53.1 Å². The van der Waals surface area contributed by atoms with Gasteiger partial charge in [0.1, 0.15) is 24.2 Å². The first-order valence-corrected chi connectivity index (χ1v) is 9.97. The molecule has 3 rings (SSSR count). The minimum atomic E-state index is -0.502. The minimum Gasteiger partial charge on any atom is -0.495 e. The standard InChI is InChI=1S/C23H32N2O3/c1-17-13-18(2)19(3)23(14-17)28-16-20(26)15-24-9-11-25(12-10-24)21-7-5-6-8-22(21)27-4/h5-8,13-14,20,26H,9-12,15-16H2,1-4H3/t20-/m0/s1. The fourth-order valence-electron chi connectivity index (χ4n) is 3.75. The van der Waals surface area contributed by atoms with E-state index in [0.717, 1.165) is 48.9 Å². The van der Waals surface area contributed by atoms with Crippen molar-refractivity contribution >= 4 is 5.69 Å². The summed E-state index contributed by atoms with van der Waals surface area (Å²) in [5.41, 5.74) is 4.68. The van der Waals surface area contributed by atoms with Crippen LogP contribution in [0, 0.1) is 20.8 Å². The van der Waals surface area contributed by atoms with Crippen molar-refractivity contribution in [1.82, 2.24) is 4.90 Å². The summed E-state index contributed by atoms with van der Waals surface area (Å²) in [6, 6.07) is 12.3. The van der Waals surface area contributed by atoms with E-state index < -0.39 is 6.10 Å². The molecule has 1 N–H and O–H groups in total. The smallest absolute Gasteiger partial charge is 0.142 e. The number of β-amino-alcohol motifs (C(OH)–C–C–N with tert-alkyl or cyclic N) is 1. The van der Waals surface area contributed by atoms with Gasteiger partial charge in [0.2, 0.25) is 0 Å². The number of ether oxygens (including phenoxy) is 2. The van der Waals surface area contributed by atoms with E-state index in [0.29, 0.717) is 13.2 Å². The molecule has 0 bridgehead atoms. The molecule has 152 valence electrons. The largest absolute Gasteiger partial charge is 0.495 e. The molecule has 1 fully saturated rings. The van der Waals surface area contributed by atoms with E-state index in [2.05, 4.69) is 42.7 Å². The third-order valence-electron chi connectivity index (χ3n) is 5.46. The summed E-state index contributed by atoms with van der Waals surface area (Å²) in [6.45, 7) is 10.8. The van der Waals surface area contributed by atoms with E-state index in [9.17, 15) is 5.11 Å². The Morgan fingerprint density at radius 1 is 1.00 bits per heavy atom. The summed E-state index contributed by atoms with van der Waals surface area (Å²) in [7, 11) is 1.71. The summed E-state index contributed by atoms with van der Waals surface area (Å²) < 4.78 is 11.4. The second-order valence-electron chi connectivity index (χ2n) is 7.63. The van der Waals surface area contributed by atoms with E-state index in [1.807, 2.05) is 24.3 Å². The Kier molecular flexibility index (Phi) is 6.81. The van der Waals surface area contributed by atoms with Gasteiger partial charge in [0.15, 0.2) is 0 Å². The molecule has 0 aliphatic carbocycles. The van der Waals surface area contributed by atoms with Crippen molar-refractivity contribution in [1.29, 1.82) is 0 Å². The maximum atomic E-state index is 10.5. The highest BCUT2D eigenvalue weighted by Crippen LogP contribution is 2.28. The zero-order valence-electron chi connectivity index (χ0n) is 17.4. The molecule has 0 saturated carbocycles. The Hall–Kier alpha value is -2.24. The van der Waals surface area contributed by atoms with Crippen LogP contribution in [-0.2, 0) is 0 Å². The summed E-state index contributed by atoms with van der Waals surface area (Å²) in [5.74, 6) is 1.78. The highest BCUT2D eigenvalue weighted by molar-refractivity contribution is 5.58. The molecular weight excluding hydrogens is 352 g/mol. The number of hydrogen-bond acceptors (Lipinski definition) is 5. The van der Waals surface area contributed by atoms with Crippen LogP contribution in [0.4, 0.5) is 5.69 Å². The normalized spacial score (nSPS) is 16.1. The van der Waals surface area contributed by atoms with Crippen LogP contribution < -0.4 is 14.4 Å². The molecule has 0 radical (unpaired) electrons. The van der Waals surface area contributed by atoms with Gasteiger partial charge in [-0.2, -0.15) is 0 Å². The van der Waals surface area contributed by atoms with Crippen molar-refractivity contribution in [2.75, 3.05) is 51.3 Å². The first-order valence-electron chi connectivity index (χ1n) is 9.97. The van der Waals surface area contributed by atoms with Gasteiger partial charge >= 0.3 is 0 Å². The Labute approximate surface area is 168 Å². The fourth-order valence-corrected chi connectivity index (χ4v) is 3.75. The molecule has 0 aromatic heterocycles. The molecule has 28 heavy (non-hydrogen) atoms. The lowest BCUT2D eigenvalue weighted by molar-refractivity contribution is 0.0660. The molecule has 1 aliphatic heterocycles. The minimum absolute atomic E-state index is 0.316. The first kappa shape index (κ1) is 20.5. The van der Waals surface area contributed by atoms with Gasteiger partial charge in [0.05, 0.1) is 12.8 Å². The Morgan fingerprint density at radius 2 is 1.71 bits per heavy atom. The van der Waals surface area contributed by atoms with Crippen molar-refractivity contribution < 1.29 is 14.6 Å². The van der Waals surface area contributed by atoms with Crippen LogP contribution >= 0.6 is 0 Å². The predicted molar refractivity (Wildman–Crippen MR) is 114 cm³/mol. The number of piperazine rings is 1. The van der Waals surface area contributed by atoms with Crippen molar-refractivity contribution in [2.24, 2.45) is 0 Å². The summed E-state index contributed by atoms with van der Waals surface area (Å²) in [4.78, 5) is 4.64. The van der Waals surface area contributed by atoms with E-state index in [1.54, 1.807) is 7.11 Å². The molecule has 5 heteroatoms. The van der Waals surface area contributed by atoms with Gasteiger partial charge in [0, 0.05) is 32.7 Å². The predicted octanol–water partition coefficient (Wildman–Crippen LogP) is 3.18. The Balaban J connectivity index is 1.48. The third-order valence-corrected chi connectivity index (χ3v) is 5.46. The molecule has 1 atom stereocenters. The lowest BCUT2D eigenvalue weighted by Crippen LogP contribution is -2.49. The Morgan fingerprint density at radius 3 is 2.43 bits per heavy atom. The van der Waals surface area contributed by atoms with Gasteiger partial charge in [0.25, 0.3) is 0 Å². The first-order chi connectivity index (χ1) is 13.5. The molecule has 0 unspecified atom stereocenters. The molecule has 5 nitrogen and oxygen atoms in total. The number of aliphatic hydroxyl groups excluding tert-OH is 1. The molecule has 2 aromatic rings. The SMILES string of the molecule is COc1ccccc1N1CCN(C[C@H](O)COc2cc(C)cc(C)c2C)CC1. The molecule has 2 aromatic carbocycles. The number of anilines is 1. The highest BCUT2D eigenvalue weighted by Gasteiger charge is 2.21. The van der Waals surface area contributed by atoms with Gasteiger partial charge < -0.3 is 19.5 Å².